The molecule has 2 saturated heterocycles. The fourth-order valence-electron chi connectivity index (χ4n) is 4.39. The van der Waals surface area contributed by atoms with E-state index in [4.69, 9.17) is 0 Å². The van der Waals surface area contributed by atoms with Crippen molar-refractivity contribution >= 4 is 11.8 Å². The molecular formula is C22H37N5O2. The molecule has 1 aromatic rings. The molecule has 3 rings (SSSR count). The van der Waals surface area contributed by atoms with Crippen LogP contribution >= 0.6 is 0 Å². The number of likely N-dealkylation sites (tertiary alicyclic amines) is 1. The van der Waals surface area contributed by atoms with E-state index in [2.05, 4.69) is 27.1 Å². The first-order valence-electron chi connectivity index (χ1n) is 11.1. The minimum Gasteiger partial charge on any atom is -0.356 e. The summed E-state index contributed by atoms with van der Waals surface area (Å²) in [5.74, 6) is 0.620. The molecule has 29 heavy (non-hydrogen) atoms. The predicted molar refractivity (Wildman–Crippen MR) is 115 cm³/mol. The molecule has 1 aromatic heterocycles. The van der Waals surface area contributed by atoms with Gasteiger partial charge < -0.3 is 25.0 Å². The van der Waals surface area contributed by atoms with Crippen LogP contribution in [0.2, 0.25) is 0 Å². The van der Waals surface area contributed by atoms with Crippen LogP contribution in [0.3, 0.4) is 0 Å². The number of carbonyl (C=O) groups excluding carboxylic acids is 2. The number of aromatic amines is 1. The molecule has 0 saturated carbocycles. The van der Waals surface area contributed by atoms with Crippen molar-refractivity contribution in [2.24, 2.45) is 5.92 Å². The van der Waals surface area contributed by atoms with Gasteiger partial charge in [0.25, 0.3) is 5.91 Å². The summed E-state index contributed by atoms with van der Waals surface area (Å²) in [6.07, 6.45) is 3.40. The molecule has 2 fully saturated rings. The van der Waals surface area contributed by atoms with E-state index in [-0.39, 0.29) is 11.8 Å². The number of hydrogen-bond acceptors (Lipinski definition) is 4. The van der Waals surface area contributed by atoms with Crippen molar-refractivity contribution in [1.29, 1.82) is 0 Å². The Kier molecular flexibility index (Phi) is 7.72. The summed E-state index contributed by atoms with van der Waals surface area (Å²) in [5, 5.41) is 3.09. The van der Waals surface area contributed by atoms with Crippen LogP contribution in [0, 0.1) is 19.8 Å². The average molecular weight is 404 g/mol. The quantitative estimate of drug-likeness (QED) is 0.679. The third-order valence-corrected chi connectivity index (χ3v) is 6.31. The van der Waals surface area contributed by atoms with Crippen molar-refractivity contribution in [2.75, 3.05) is 59.4 Å². The van der Waals surface area contributed by atoms with E-state index >= 15 is 0 Å². The van der Waals surface area contributed by atoms with E-state index in [9.17, 15) is 9.59 Å². The molecule has 3 heterocycles. The molecule has 2 aliphatic rings. The number of hydrogen-bond donors (Lipinski definition) is 2. The lowest BCUT2D eigenvalue weighted by atomic mass is 9.93. The first-order chi connectivity index (χ1) is 13.9. The SMILES string of the molecule is Cc1cc(C)c(C(=O)N2CCC(CC(=O)NCCCN3CCN(C)CC3)CC2)[nH]1. The molecule has 7 heteroatoms. The van der Waals surface area contributed by atoms with Crippen molar-refractivity contribution in [3.8, 4) is 0 Å². The van der Waals surface area contributed by atoms with Crippen molar-refractivity contribution in [3.05, 3.63) is 23.0 Å². The minimum atomic E-state index is 0.0856. The van der Waals surface area contributed by atoms with Crippen LogP contribution in [0.15, 0.2) is 6.07 Å². The summed E-state index contributed by atoms with van der Waals surface area (Å²) in [6, 6.07) is 2.01. The topological polar surface area (TPSA) is 71.7 Å². The highest BCUT2D eigenvalue weighted by Crippen LogP contribution is 2.22. The molecule has 0 unspecified atom stereocenters. The molecule has 7 nitrogen and oxygen atoms in total. The zero-order valence-corrected chi connectivity index (χ0v) is 18.3. The van der Waals surface area contributed by atoms with Gasteiger partial charge in [-0.05, 0) is 64.3 Å². The van der Waals surface area contributed by atoms with Crippen LogP contribution < -0.4 is 5.32 Å². The molecular weight excluding hydrogens is 366 g/mol. The van der Waals surface area contributed by atoms with Gasteiger partial charge in [0.2, 0.25) is 5.91 Å². The van der Waals surface area contributed by atoms with Crippen LogP contribution in [0.1, 0.15) is 47.4 Å². The van der Waals surface area contributed by atoms with Crippen molar-refractivity contribution in [1.82, 2.24) is 25.0 Å². The Balaban J connectivity index is 1.30. The Bertz CT molecular complexity index is 685. The zero-order chi connectivity index (χ0) is 20.8. The summed E-state index contributed by atoms with van der Waals surface area (Å²) in [7, 11) is 2.17. The molecule has 0 aliphatic carbocycles. The fraction of sp³-hybridized carbons (Fsp3) is 0.727. The monoisotopic (exact) mass is 403 g/mol. The number of carbonyl (C=O) groups is 2. The predicted octanol–water partition coefficient (Wildman–Crippen LogP) is 1.63. The highest BCUT2D eigenvalue weighted by molar-refractivity contribution is 5.94. The normalized spacial score (nSPS) is 19.5. The third kappa shape index (κ3) is 6.31. The molecule has 0 radical (unpaired) electrons. The standard InChI is InChI=1S/C22H37N5O2/c1-17-15-18(2)24-21(17)22(29)27-9-5-19(6-10-27)16-20(28)23-7-4-8-26-13-11-25(3)12-14-26/h15,19,24H,4-14,16H2,1-3H3,(H,23,28). The largest absolute Gasteiger partial charge is 0.356 e. The maximum Gasteiger partial charge on any atom is 0.270 e. The average Bonchev–Trinajstić information content (AvgIpc) is 3.04. The summed E-state index contributed by atoms with van der Waals surface area (Å²) >= 11 is 0. The Hall–Kier alpha value is -1.86. The van der Waals surface area contributed by atoms with E-state index in [0.717, 1.165) is 82.9 Å². The molecule has 0 bridgehead atoms. The van der Waals surface area contributed by atoms with Crippen molar-refractivity contribution < 1.29 is 9.59 Å². The van der Waals surface area contributed by atoms with Gasteiger partial charge in [0, 0.05) is 57.9 Å². The summed E-state index contributed by atoms with van der Waals surface area (Å²) < 4.78 is 0. The van der Waals surface area contributed by atoms with Gasteiger partial charge in [0.05, 0.1) is 0 Å². The minimum absolute atomic E-state index is 0.0856. The molecule has 0 atom stereocenters. The summed E-state index contributed by atoms with van der Waals surface area (Å²) in [6.45, 7) is 11.8. The van der Waals surface area contributed by atoms with E-state index < -0.39 is 0 Å². The first-order valence-corrected chi connectivity index (χ1v) is 11.1. The van der Waals surface area contributed by atoms with Crippen LogP contribution in [-0.2, 0) is 4.79 Å². The number of H-pyrrole nitrogens is 1. The van der Waals surface area contributed by atoms with Gasteiger partial charge in [-0.1, -0.05) is 0 Å². The lowest BCUT2D eigenvalue weighted by Crippen LogP contribution is -2.45. The van der Waals surface area contributed by atoms with Crippen molar-refractivity contribution in [3.63, 3.8) is 0 Å². The second-order valence-electron chi connectivity index (χ2n) is 8.80. The number of amides is 2. The summed E-state index contributed by atoms with van der Waals surface area (Å²) in [5.41, 5.74) is 2.73. The number of nitrogens with one attached hydrogen (secondary N) is 2. The number of piperazine rings is 1. The molecule has 2 amide bonds. The number of piperidine rings is 1. The molecule has 0 spiro atoms. The molecule has 2 aliphatic heterocycles. The van der Waals surface area contributed by atoms with Crippen LogP contribution in [-0.4, -0.2) is 90.9 Å². The fourth-order valence-corrected chi connectivity index (χ4v) is 4.39. The lowest BCUT2D eigenvalue weighted by molar-refractivity contribution is -0.122. The van der Waals surface area contributed by atoms with E-state index in [1.165, 1.54) is 0 Å². The second-order valence-corrected chi connectivity index (χ2v) is 8.80. The van der Waals surface area contributed by atoms with Gasteiger partial charge in [-0.15, -0.1) is 0 Å². The highest BCUT2D eigenvalue weighted by Gasteiger charge is 2.26. The van der Waals surface area contributed by atoms with E-state index in [0.29, 0.717) is 18.0 Å². The zero-order valence-electron chi connectivity index (χ0n) is 18.3. The smallest absolute Gasteiger partial charge is 0.270 e. The van der Waals surface area contributed by atoms with Gasteiger partial charge >= 0.3 is 0 Å². The summed E-state index contributed by atoms with van der Waals surface area (Å²) in [4.78, 5) is 34.9. The third-order valence-electron chi connectivity index (χ3n) is 6.31. The Morgan fingerprint density at radius 1 is 1.10 bits per heavy atom. The van der Waals surface area contributed by atoms with Crippen LogP contribution in [0.4, 0.5) is 0 Å². The first kappa shape index (κ1) is 21.8. The lowest BCUT2D eigenvalue weighted by Gasteiger charge is -2.32. The Morgan fingerprint density at radius 3 is 2.41 bits per heavy atom. The van der Waals surface area contributed by atoms with Gasteiger partial charge in [-0.25, -0.2) is 0 Å². The van der Waals surface area contributed by atoms with E-state index in [1.54, 1.807) is 0 Å². The van der Waals surface area contributed by atoms with E-state index in [1.807, 2.05) is 24.8 Å². The maximum absolute atomic E-state index is 12.7. The molecule has 0 aromatic carbocycles. The van der Waals surface area contributed by atoms with Gasteiger partial charge in [0.1, 0.15) is 5.69 Å². The van der Waals surface area contributed by atoms with Crippen LogP contribution in [0.25, 0.3) is 0 Å². The second kappa shape index (κ2) is 10.3. The molecule has 162 valence electrons. The number of rotatable bonds is 7. The molecule has 2 N–H and O–H groups in total. The van der Waals surface area contributed by atoms with Crippen molar-refractivity contribution in [2.45, 2.75) is 39.5 Å². The highest BCUT2D eigenvalue weighted by atomic mass is 16.2. The van der Waals surface area contributed by atoms with Gasteiger partial charge in [-0.2, -0.15) is 0 Å². The van der Waals surface area contributed by atoms with Gasteiger partial charge in [0.15, 0.2) is 0 Å². The number of likely N-dealkylation sites (N-methyl/N-ethyl adjacent to an activating group) is 1. The number of aromatic nitrogens is 1. The Morgan fingerprint density at radius 2 is 1.79 bits per heavy atom. The van der Waals surface area contributed by atoms with Gasteiger partial charge in [-0.3, -0.25) is 9.59 Å². The number of aryl methyl sites for hydroxylation is 2. The number of nitrogens with zero attached hydrogens (tertiary/aromatic N) is 3. The maximum atomic E-state index is 12.7. The Labute approximate surface area is 174 Å². The van der Waals surface area contributed by atoms with Crippen LogP contribution in [0.5, 0.6) is 0 Å².